The highest BCUT2D eigenvalue weighted by Crippen LogP contribution is 2.34. The van der Waals surface area contributed by atoms with E-state index in [1.807, 2.05) is 25.1 Å². The number of rotatable bonds is 6. The molecule has 1 heterocycles. The summed E-state index contributed by atoms with van der Waals surface area (Å²) in [5.41, 5.74) is 2.60. The maximum atomic E-state index is 12.4. The van der Waals surface area contributed by atoms with Gasteiger partial charge in [0.1, 0.15) is 5.75 Å². The van der Waals surface area contributed by atoms with Gasteiger partial charge < -0.3 is 10.1 Å². The fraction of sp³-hybridized carbons (Fsp3) is 0.412. The Kier molecular flexibility index (Phi) is 4.13. The van der Waals surface area contributed by atoms with Crippen molar-refractivity contribution in [1.29, 1.82) is 0 Å². The van der Waals surface area contributed by atoms with Gasteiger partial charge in [0.25, 0.3) is 5.91 Å². The van der Waals surface area contributed by atoms with Crippen LogP contribution in [0, 0.1) is 12.8 Å². The zero-order chi connectivity index (χ0) is 15.5. The molecule has 1 aliphatic rings. The van der Waals surface area contributed by atoms with Crippen molar-refractivity contribution >= 4 is 5.91 Å². The van der Waals surface area contributed by atoms with Gasteiger partial charge in [-0.25, -0.2) is 0 Å². The summed E-state index contributed by atoms with van der Waals surface area (Å²) >= 11 is 0. The number of aromatic amines is 1. The van der Waals surface area contributed by atoms with Crippen LogP contribution in [0.25, 0.3) is 0 Å². The van der Waals surface area contributed by atoms with E-state index in [0.29, 0.717) is 11.5 Å². The smallest absolute Gasteiger partial charge is 0.254 e. The maximum Gasteiger partial charge on any atom is 0.254 e. The maximum absolute atomic E-state index is 12.4. The van der Waals surface area contributed by atoms with E-state index in [1.165, 1.54) is 18.4 Å². The van der Waals surface area contributed by atoms with Crippen molar-refractivity contribution in [2.75, 3.05) is 7.11 Å². The highest BCUT2D eigenvalue weighted by atomic mass is 16.5. The number of methoxy groups -OCH3 is 1. The van der Waals surface area contributed by atoms with Crippen LogP contribution in [0.2, 0.25) is 0 Å². The van der Waals surface area contributed by atoms with Gasteiger partial charge in [-0.2, -0.15) is 5.10 Å². The SMILES string of the molecule is COc1cccc(C[C@H](NC(=O)c2cn[nH]c2C)C2CC2)c1. The second-order valence-electron chi connectivity index (χ2n) is 5.88. The minimum Gasteiger partial charge on any atom is -0.497 e. The number of ether oxygens (including phenoxy) is 1. The third-order valence-electron chi connectivity index (χ3n) is 4.17. The molecule has 2 aromatic rings. The molecular formula is C17H21N3O2. The van der Waals surface area contributed by atoms with E-state index < -0.39 is 0 Å². The van der Waals surface area contributed by atoms with Crippen LogP contribution in [0.3, 0.4) is 0 Å². The van der Waals surface area contributed by atoms with Gasteiger partial charge in [0.05, 0.1) is 18.9 Å². The third kappa shape index (κ3) is 3.30. The first-order valence-electron chi connectivity index (χ1n) is 7.61. The number of carbonyl (C=O) groups excluding carboxylic acids is 1. The molecule has 5 nitrogen and oxygen atoms in total. The van der Waals surface area contributed by atoms with Crippen LogP contribution < -0.4 is 10.1 Å². The van der Waals surface area contributed by atoms with E-state index in [4.69, 9.17) is 4.74 Å². The van der Waals surface area contributed by atoms with Crippen LogP contribution in [-0.2, 0) is 6.42 Å². The monoisotopic (exact) mass is 299 g/mol. The highest BCUT2D eigenvalue weighted by molar-refractivity contribution is 5.95. The van der Waals surface area contributed by atoms with Crippen molar-refractivity contribution < 1.29 is 9.53 Å². The van der Waals surface area contributed by atoms with Gasteiger partial charge in [-0.05, 0) is 49.8 Å². The van der Waals surface area contributed by atoms with Gasteiger partial charge in [0.15, 0.2) is 0 Å². The van der Waals surface area contributed by atoms with Crippen LogP contribution in [-0.4, -0.2) is 29.3 Å². The molecule has 1 atom stereocenters. The molecule has 1 aliphatic carbocycles. The predicted octanol–water partition coefficient (Wildman–Crippen LogP) is 2.48. The Bertz CT molecular complexity index is 661. The zero-order valence-electron chi connectivity index (χ0n) is 12.9. The summed E-state index contributed by atoms with van der Waals surface area (Å²) in [5, 5.41) is 9.89. The van der Waals surface area contributed by atoms with Gasteiger partial charge in [-0.3, -0.25) is 9.89 Å². The quantitative estimate of drug-likeness (QED) is 0.861. The highest BCUT2D eigenvalue weighted by Gasteiger charge is 2.32. The molecule has 1 amide bonds. The van der Waals surface area contributed by atoms with Crippen LogP contribution in [0.1, 0.15) is 34.5 Å². The lowest BCUT2D eigenvalue weighted by Crippen LogP contribution is -2.38. The number of nitrogens with zero attached hydrogens (tertiary/aromatic N) is 1. The summed E-state index contributed by atoms with van der Waals surface area (Å²) in [4.78, 5) is 12.4. The number of hydrogen-bond donors (Lipinski definition) is 2. The Morgan fingerprint density at radius 3 is 2.95 bits per heavy atom. The summed E-state index contributed by atoms with van der Waals surface area (Å²) in [5.74, 6) is 1.37. The van der Waals surface area contributed by atoms with Crippen molar-refractivity contribution in [1.82, 2.24) is 15.5 Å². The molecule has 22 heavy (non-hydrogen) atoms. The molecule has 1 saturated carbocycles. The topological polar surface area (TPSA) is 67.0 Å². The lowest BCUT2D eigenvalue weighted by Gasteiger charge is -2.18. The molecule has 0 aliphatic heterocycles. The van der Waals surface area contributed by atoms with Gasteiger partial charge in [0.2, 0.25) is 0 Å². The first-order chi connectivity index (χ1) is 10.7. The number of nitrogens with one attached hydrogen (secondary N) is 2. The summed E-state index contributed by atoms with van der Waals surface area (Å²) in [7, 11) is 1.67. The molecular weight excluding hydrogens is 278 g/mol. The average molecular weight is 299 g/mol. The van der Waals surface area contributed by atoms with Gasteiger partial charge in [-0.1, -0.05) is 12.1 Å². The van der Waals surface area contributed by atoms with Crippen LogP contribution in [0.4, 0.5) is 0 Å². The molecule has 1 aromatic carbocycles. The first-order valence-corrected chi connectivity index (χ1v) is 7.61. The Morgan fingerprint density at radius 1 is 1.50 bits per heavy atom. The van der Waals surface area contributed by atoms with E-state index in [1.54, 1.807) is 13.3 Å². The van der Waals surface area contributed by atoms with Gasteiger partial charge in [0, 0.05) is 11.7 Å². The number of carbonyl (C=O) groups is 1. The standard InChI is InChI=1S/C17H21N3O2/c1-11-15(10-18-20-11)17(21)19-16(13-6-7-13)9-12-4-3-5-14(8-12)22-2/h3-5,8,10,13,16H,6-7,9H2,1-2H3,(H,18,20)(H,19,21)/t16-/m0/s1. The summed E-state index contributed by atoms with van der Waals surface area (Å²) in [6.45, 7) is 1.86. The van der Waals surface area contributed by atoms with E-state index in [0.717, 1.165) is 17.9 Å². The third-order valence-corrected chi connectivity index (χ3v) is 4.17. The summed E-state index contributed by atoms with van der Waals surface area (Å²) in [6.07, 6.45) is 4.77. The van der Waals surface area contributed by atoms with Gasteiger partial charge in [-0.15, -0.1) is 0 Å². The Labute approximate surface area is 130 Å². The van der Waals surface area contributed by atoms with Crippen LogP contribution >= 0.6 is 0 Å². The van der Waals surface area contributed by atoms with Gasteiger partial charge >= 0.3 is 0 Å². The second-order valence-corrected chi connectivity index (χ2v) is 5.88. The number of benzene rings is 1. The van der Waals surface area contributed by atoms with E-state index in [9.17, 15) is 4.79 Å². The first kappa shape index (κ1) is 14.6. The number of H-pyrrole nitrogens is 1. The van der Waals surface area contributed by atoms with E-state index >= 15 is 0 Å². The number of aryl methyl sites for hydroxylation is 1. The zero-order valence-corrected chi connectivity index (χ0v) is 12.9. The molecule has 116 valence electrons. The minimum atomic E-state index is -0.0500. The molecule has 1 aromatic heterocycles. The van der Waals surface area contributed by atoms with Crippen molar-refractivity contribution in [3.63, 3.8) is 0 Å². The lowest BCUT2D eigenvalue weighted by molar-refractivity contribution is 0.0931. The van der Waals surface area contributed by atoms with E-state index in [2.05, 4.69) is 21.6 Å². The summed E-state index contributed by atoms with van der Waals surface area (Å²) in [6, 6.07) is 8.19. The molecule has 0 spiro atoms. The average Bonchev–Trinajstić information content (AvgIpc) is 3.28. The normalized spacial score (nSPS) is 15.4. The van der Waals surface area contributed by atoms with Crippen molar-refractivity contribution in [3.05, 3.63) is 47.3 Å². The Hall–Kier alpha value is -2.30. The fourth-order valence-corrected chi connectivity index (χ4v) is 2.71. The molecule has 1 fully saturated rings. The minimum absolute atomic E-state index is 0.0500. The fourth-order valence-electron chi connectivity index (χ4n) is 2.71. The molecule has 0 bridgehead atoms. The van der Waals surface area contributed by atoms with Crippen molar-refractivity contribution in [2.45, 2.75) is 32.2 Å². The Balaban J connectivity index is 1.70. The number of aromatic nitrogens is 2. The van der Waals surface area contributed by atoms with E-state index in [-0.39, 0.29) is 11.9 Å². The van der Waals surface area contributed by atoms with Crippen molar-refractivity contribution in [3.8, 4) is 5.75 Å². The lowest BCUT2D eigenvalue weighted by atomic mass is 10.0. The predicted molar refractivity (Wildman–Crippen MR) is 84.0 cm³/mol. The largest absolute Gasteiger partial charge is 0.497 e. The second kappa shape index (κ2) is 6.22. The van der Waals surface area contributed by atoms with Crippen molar-refractivity contribution in [2.24, 2.45) is 5.92 Å². The van der Waals surface area contributed by atoms with Crippen LogP contribution in [0.15, 0.2) is 30.5 Å². The summed E-state index contributed by atoms with van der Waals surface area (Å²) < 4.78 is 5.27. The Morgan fingerprint density at radius 2 is 2.32 bits per heavy atom. The molecule has 0 saturated heterocycles. The molecule has 0 unspecified atom stereocenters. The van der Waals surface area contributed by atoms with Crippen LogP contribution in [0.5, 0.6) is 5.75 Å². The molecule has 2 N–H and O–H groups in total. The molecule has 3 rings (SSSR count). The molecule has 5 heteroatoms. The molecule has 0 radical (unpaired) electrons. The number of hydrogen-bond acceptors (Lipinski definition) is 3. The number of amides is 1.